The molecule has 104 valence electrons. The van der Waals surface area contributed by atoms with Crippen LogP contribution in [0.25, 0.3) is 0 Å². The second kappa shape index (κ2) is 4.46. The van der Waals surface area contributed by atoms with Crippen LogP contribution in [0.3, 0.4) is 0 Å². The van der Waals surface area contributed by atoms with Crippen molar-refractivity contribution in [3.05, 3.63) is 0 Å². The van der Waals surface area contributed by atoms with E-state index in [0.717, 1.165) is 38.5 Å². The van der Waals surface area contributed by atoms with Gasteiger partial charge in [-0.25, -0.2) is 12.7 Å². The average molecular weight is 272 g/mol. The molecule has 2 saturated heterocycles. The third kappa shape index (κ3) is 2.45. The molecule has 0 radical (unpaired) electrons. The van der Waals surface area contributed by atoms with E-state index in [9.17, 15) is 8.42 Å². The minimum atomic E-state index is -2.97. The quantitative estimate of drug-likeness (QED) is 0.774. The van der Waals surface area contributed by atoms with Gasteiger partial charge >= 0.3 is 0 Å². The van der Waals surface area contributed by atoms with Crippen LogP contribution in [0.2, 0.25) is 0 Å². The van der Waals surface area contributed by atoms with Gasteiger partial charge in [-0.05, 0) is 25.2 Å². The summed E-state index contributed by atoms with van der Waals surface area (Å²) < 4.78 is 24.7. The number of rotatable bonds is 3. The lowest BCUT2D eigenvalue weighted by Gasteiger charge is -2.49. The van der Waals surface area contributed by atoms with Crippen molar-refractivity contribution >= 4 is 10.0 Å². The van der Waals surface area contributed by atoms with E-state index < -0.39 is 10.0 Å². The van der Waals surface area contributed by atoms with Gasteiger partial charge in [-0.1, -0.05) is 12.8 Å². The highest BCUT2D eigenvalue weighted by atomic mass is 32.2. The predicted molar refractivity (Wildman–Crippen MR) is 71.9 cm³/mol. The summed E-state index contributed by atoms with van der Waals surface area (Å²) in [5.41, 5.74) is 0.293. The van der Waals surface area contributed by atoms with Crippen LogP contribution in [0, 0.1) is 11.3 Å². The smallest absolute Gasteiger partial charge is 0.211 e. The fraction of sp³-hybridized carbons (Fsp3) is 1.00. The predicted octanol–water partition coefficient (Wildman–Crippen LogP) is 1.14. The Labute approximate surface area is 110 Å². The van der Waals surface area contributed by atoms with E-state index >= 15 is 0 Å². The van der Waals surface area contributed by atoms with E-state index in [1.807, 2.05) is 0 Å². The summed E-state index contributed by atoms with van der Waals surface area (Å²) in [7, 11) is -2.97. The first-order valence-corrected chi connectivity index (χ1v) is 8.99. The van der Waals surface area contributed by atoms with Crippen molar-refractivity contribution in [2.75, 3.05) is 39.0 Å². The van der Waals surface area contributed by atoms with E-state index in [0.29, 0.717) is 5.41 Å². The van der Waals surface area contributed by atoms with Gasteiger partial charge < -0.3 is 4.90 Å². The molecule has 0 aromatic rings. The van der Waals surface area contributed by atoms with Gasteiger partial charge in [0.05, 0.1) is 6.26 Å². The average Bonchev–Trinajstić information content (AvgIpc) is 2.83. The first kappa shape index (κ1) is 12.9. The lowest BCUT2D eigenvalue weighted by molar-refractivity contribution is 0.00225. The molecule has 0 aromatic carbocycles. The highest BCUT2D eigenvalue weighted by Crippen LogP contribution is 2.41. The Balaban J connectivity index is 1.49. The van der Waals surface area contributed by atoms with Gasteiger partial charge in [0.15, 0.2) is 0 Å². The van der Waals surface area contributed by atoms with Crippen molar-refractivity contribution in [3.63, 3.8) is 0 Å². The van der Waals surface area contributed by atoms with Crippen molar-refractivity contribution < 1.29 is 8.42 Å². The Morgan fingerprint density at radius 1 is 1.17 bits per heavy atom. The molecule has 5 heteroatoms. The van der Waals surface area contributed by atoms with Crippen molar-refractivity contribution in [1.82, 2.24) is 9.21 Å². The van der Waals surface area contributed by atoms with Crippen molar-refractivity contribution in [1.29, 1.82) is 0 Å². The van der Waals surface area contributed by atoms with Gasteiger partial charge in [-0.3, -0.25) is 0 Å². The summed E-state index contributed by atoms with van der Waals surface area (Å²) in [6.45, 7) is 4.98. The number of hydrogen-bond acceptors (Lipinski definition) is 3. The Morgan fingerprint density at radius 2 is 1.83 bits per heavy atom. The molecule has 3 aliphatic rings. The maximum absolute atomic E-state index is 11.5. The summed E-state index contributed by atoms with van der Waals surface area (Å²) >= 11 is 0. The zero-order chi connectivity index (χ0) is 12.8. The third-order valence-corrected chi connectivity index (χ3v) is 6.23. The fourth-order valence-electron chi connectivity index (χ4n) is 4.02. The van der Waals surface area contributed by atoms with Gasteiger partial charge in [0.2, 0.25) is 10.0 Å². The molecule has 2 aliphatic heterocycles. The second-order valence-electron chi connectivity index (χ2n) is 6.67. The summed E-state index contributed by atoms with van der Waals surface area (Å²) in [4.78, 5) is 2.54. The molecule has 3 rings (SSSR count). The summed E-state index contributed by atoms with van der Waals surface area (Å²) in [5, 5.41) is 0. The normalized spacial score (nSPS) is 30.1. The molecule has 0 atom stereocenters. The maximum Gasteiger partial charge on any atom is 0.211 e. The van der Waals surface area contributed by atoms with Crippen LogP contribution >= 0.6 is 0 Å². The van der Waals surface area contributed by atoms with Crippen LogP contribution in [0.15, 0.2) is 0 Å². The minimum absolute atomic E-state index is 0.293. The first-order valence-electron chi connectivity index (χ1n) is 7.14. The van der Waals surface area contributed by atoms with Crippen LogP contribution in [-0.4, -0.2) is 56.6 Å². The maximum atomic E-state index is 11.5. The minimum Gasteiger partial charge on any atom is -0.302 e. The van der Waals surface area contributed by atoms with E-state index in [4.69, 9.17) is 0 Å². The number of sulfonamides is 1. The molecule has 18 heavy (non-hydrogen) atoms. The molecule has 1 spiro atoms. The van der Waals surface area contributed by atoms with Crippen molar-refractivity contribution in [3.8, 4) is 0 Å². The van der Waals surface area contributed by atoms with E-state index in [1.165, 1.54) is 38.5 Å². The Bertz CT molecular complexity index is 409. The summed E-state index contributed by atoms with van der Waals surface area (Å²) in [5.74, 6) is 0.912. The molecule has 1 aliphatic carbocycles. The fourth-order valence-corrected chi connectivity index (χ4v) is 4.96. The molecule has 2 heterocycles. The van der Waals surface area contributed by atoms with Crippen molar-refractivity contribution in [2.24, 2.45) is 11.3 Å². The van der Waals surface area contributed by atoms with E-state index in [1.54, 1.807) is 4.31 Å². The third-order valence-electron chi connectivity index (χ3n) is 4.98. The number of hydrogen-bond donors (Lipinski definition) is 0. The molecule has 0 N–H and O–H groups in total. The van der Waals surface area contributed by atoms with Crippen LogP contribution < -0.4 is 0 Å². The Hall–Kier alpha value is -0.130. The van der Waals surface area contributed by atoms with Gasteiger partial charge in [0, 0.05) is 38.1 Å². The highest BCUT2D eigenvalue weighted by Gasteiger charge is 2.49. The lowest BCUT2D eigenvalue weighted by atomic mass is 9.78. The van der Waals surface area contributed by atoms with Crippen LogP contribution in [0.5, 0.6) is 0 Å². The molecular formula is C13H24N2O2S. The zero-order valence-corrected chi connectivity index (χ0v) is 12.1. The highest BCUT2D eigenvalue weighted by molar-refractivity contribution is 7.88. The molecule has 0 aromatic heterocycles. The lowest BCUT2D eigenvalue weighted by Crippen LogP contribution is -2.58. The monoisotopic (exact) mass is 272 g/mol. The topological polar surface area (TPSA) is 40.6 Å². The van der Waals surface area contributed by atoms with E-state index in [2.05, 4.69) is 4.90 Å². The van der Waals surface area contributed by atoms with Crippen LogP contribution in [-0.2, 0) is 10.0 Å². The molecule has 0 amide bonds. The van der Waals surface area contributed by atoms with E-state index in [-0.39, 0.29) is 0 Å². The zero-order valence-electron chi connectivity index (χ0n) is 11.3. The number of nitrogens with zero attached hydrogens (tertiary/aromatic N) is 2. The molecule has 0 bridgehead atoms. The summed E-state index contributed by atoms with van der Waals surface area (Å²) in [6, 6.07) is 0. The van der Waals surface area contributed by atoms with Gasteiger partial charge in [-0.2, -0.15) is 0 Å². The molecule has 3 fully saturated rings. The molecular weight excluding hydrogens is 248 g/mol. The molecule has 4 nitrogen and oxygen atoms in total. The SMILES string of the molecule is CS(=O)(=O)N1CCC2(CN(CC3CCCC3)C2)C1. The second-order valence-corrected chi connectivity index (χ2v) is 8.65. The first-order chi connectivity index (χ1) is 8.47. The Kier molecular flexibility index (Phi) is 3.19. The Morgan fingerprint density at radius 3 is 2.39 bits per heavy atom. The largest absolute Gasteiger partial charge is 0.302 e. The summed E-state index contributed by atoms with van der Waals surface area (Å²) in [6.07, 6.45) is 8.01. The standard InChI is InChI=1S/C13H24N2O2S/c1-18(16,17)15-7-6-13(11-15)9-14(10-13)8-12-4-2-3-5-12/h12H,2-11H2,1H3. The van der Waals surface area contributed by atoms with Gasteiger partial charge in [-0.15, -0.1) is 0 Å². The number of likely N-dealkylation sites (tertiary alicyclic amines) is 1. The van der Waals surface area contributed by atoms with Crippen LogP contribution in [0.1, 0.15) is 32.1 Å². The van der Waals surface area contributed by atoms with Gasteiger partial charge in [0.25, 0.3) is 0 Å². The van der Waals surface area contributed by atoms with Gasteiger partial charge in [0.1, 0.15) is 0 Å². The van der Waals surface area contributed by atoms with Crippen LogP contribution in [0.4, 0.5) is 0 Å². The van der Waals surface area contributed by atoms with Crippen molar-refractivity contribution in [2.45, 2.75) is 32.1 Å². The molecule has 1 saturated carbocycles. The molecule has 0 unspecified atom stereocenters.